The SMILES string of the molecule is CCCS(=O)(=O)Nc1ncc(Cl)c(I)c1Cl. The van der Waals surface area contributed by atoms with Crippen molar-refractivity contribution in [2.75, 3.05) is 10.5 Å². The molecule has 1 rings (SSSR count). The van der Waals surface area contributed by atoms with Crippen molar-refractivity contribution in [3.8, 4) is 0 Å². The smallest absolute Gasteiger partial charge is 0.233 e. The topological polar surface area (TPSA) is 59.1 Å². The van der Waals surface area contributed by atoms with Crippen LogP contribution in [0.4, 0.5) is 5.82 Å². The third-order valence-corrected chi connectivity index (χ3v) is 5.51. The van der Waals surface area contributed by atoms with E-state index in [0.717, 1.165) is 0 Å². The molecule has 4 nitrogen and oxygen atoms in total. The van der Waals surface area contributed by atoms with E-state index in [1.54, 1.807) is 6.92 Å². The first-order chi connectivity index (χ1) is 7.37. The van der Waals surface area contributed by atoms with E-state index < -0.39 is 10.0 Å². The summed E-state index contributed by atoms with van der Waals surface area (Å²) >= 11 is 13.6. The van der Waals surface area contributed by atoms with Crippen molar-refractivity contribution in [3.63, 3.8) is 0 Å². The average molecular weight is 395 g/mol. The van der Waals surface area contributed by atoms with Gasteiger partial charge in [-0.3, -0.25) is 4.72 Å². The monoisotopic (exact) mass is 394 g/mol. The van der Waals surface area contributed by atoms with Crippen LogP contribution in [-0.4, -0.2) is 19.2 Å². The summed E-state index contributed by atoms with van der Waals surface area (Å²) in [6.45, 7) is 1.78. The summed E-state index contributed by atoms with van der Waals surface area (Å²) < 4.78 is 25.9. The van der Waals surface area contributed by atoms with Gasteiger partial charge in [-0.25, -0.2) is 13.4 Å². The molecule has 0 spiro atoms. The Kier molecular flexibility index (Phi) is 5.09. The van der Waals surface area contributed by atoms with Crippen molar-refractivity contribution in [1.29, 1.82) is 0 Å². The van der Waals surface area contributed by atoms with Crippen LogP contribution in [0.3, 0.4) is 0 Å². The van der Waals surface area contributed by atoms with Crippen LogP contribution in [0.5, 0.6) is 0 Å². The van der Waals surface area contributed by atoms with Crippen molar-refractivity contribution in [2.45, 2.75) is 13.3 Å². The van der Waals surface area contributed by atoms with Gasteiger partial charge in [-0.1, -0.05) is 30.1 Å². The molecule has 16 heavy (non-hydrogen) atoms. The second-order valence-electron chi connectivity index (χ2n) is 3.00. The van der Waals surface area contributed by atoms with Gasteiger partial charge in [0.25, 0.3) is 0 Å². The second-order valence-corrected chi connectivity index (χ2v) is 6.71. The number of nitrogens with zero attached hydrogens (tertiary/aromatic N) is 1. The molecule has 1 aromatic rings. The molecule has 0 aliphatic carbocycles. The lowest BCUT2D eigenvalue weighted by molar-refractivity contribution is 0.599. The molecule has 0 fully saturated rings. The molecule has 0 radical (unpaired) electrons. The lowest BCUT2D eigenvalue weighted by Gasteiger charge is -2.09. The molecular formula is C8H9Cl2IN2O2S. The largest absolute Gasteiger partial charge is 0.266 e. The molecule has 0 aromatic carbocycles. The quantitative estimate of drug-likeness (QED) is 0.798. The number of aromatic nitrogens is 1. The zero-order valence-corrected chi connectivity index (χ0v) is 12.8. The van der Waals surface area contributed by atoms with Gasteiger partial charge < -0.3 is 0 Å². The Labute approximate surface area is 118 Å². The Morgan fingerprint density at radius 1 is 1.50 bits per heavy atom. The van der Waals surface area contributed by atoms with E-state index in [1.807, 2.05) is 22.6 Å². The number of sulfonamides is 1. The van der Waals surface area contributed by atoms with E-state index in [2.05, 4.69) is 9.71 Å². The highest BCUT2D eigenvalue weighted by Gasteiger charge is 2.15. The van der Waals surface area contributed by atoms with E-state index in [4.69, 9.17) is 23.2 Å². The van der Waals surface area contributed by atoms with Gasteiger partial charge in [-0.2, -0.15) is 0 Å². The van der Waals surface area contributed by atoms with E-state index in [9.17, 15) is 8.42 Å². The third-order valence-electron chi connectivity index (χ3n) is 1.64. The minimum atomic E-state index is -3.38. The molecule has 1 N–H and O–H groups in total. The number of nitrogens with one attached hydrogen (secondary N) is 1. The molecule has 0 aliphatic rings. The predicted octanol–water partition coefficient (Wildman–Crippen LogP) is 3.14. The van der Waals surface area contributed by atoms with Gasteiger partial charge in [0.15, 0.2) is 5.82 Å². The molecule has 1 aromatic heterocycles. The van der Waals surface area contributed by atoms with Crippen LogP contribution in [-0.2, 0) is 10.0 Å². The Morgan fingerprint density at radius 2 is 2.12 bits per heavy atom. The lowest BCUT2D eigenvalue weighted by atomic mass is 10.5. The maximum absolute atomic E-state index is 11.5. The van der Waals surface area contributed by atoms with Crippen LogP contribution < -0.4 is 4.72 Å². The van der Waals surface area contributed by atoms with Crippen LogP contribution in [0.2, 0.25) is 10.0 Å². The second kappa shape index (κ2) is 5.70. The summed E-state index contributed by atoms with van der Waals surface area (Å²) in [6.07, 6.45) is 1.89. The first-order valence-electron chi connectivity index (χ1n) is 4.37. The van der Waals surface area contributed by atoms with Gasteiger partial charge in [-0.15, -0.1) is 0 Å². The number of halogens is 3. The van der Waals surface area contributed by atoms with E-state index in [0.29, 0.717) is 15.0 Å². The van der Waals surface area contributed by atoms with Crippen molar-refractivity contribution < 1.29 is 8.42 Å². The molecule has 0 atom stereocenters. The maximum Gasteiger partial charge on any atom is 0.233 e. The molecule has 0 saturated carbocycles. The Hall–Kier alpha value is 0.210. The third kappa shape index (κ3) is 3.61. The zero-order valence-electron chi connectivity index (χ0n) is 8.30. The predicted molar refractivity (Wildman–Crippen MR) is 74.7 cm³/mol. The molecule has 0 saturated heterocycles. The maximum atomic E-state index is 11.5. The fourth-order valence-electron chi connectivity index (χ4n) is 0.982. The molecule has 0 amide bonds. The molecule has 0 bridgehead atoms. The summed E-state index contributed by atoms with van der Waals surface area (Å²) in [5.41, 5.74) is 0. The number of hydrogen-bond acceptors (Lipinski definition) is 3. The number of hydrogen-bond donors (Lipinski definition) is 1. The fourth-order valence-corrected chi connectivity index (χ4v) is 2.91. The minimum Gasteiger partial charge on any atom is -0.266 e. The zero-order chi connectivity index (χ0) is 12.3. The Bertz CT molecular complexity index is 493. The highest BCUT2D eigenvalue weighted by Crippen LogP contribution is 2.31. The van der Waals surface area contributed by atoms with Gasteiger partial charge >= 0.3 is 0 Å². The van der Waals surface area contributed by atoms with E-state index >= 15 is 0 Å². The highest BCUT2D eigenvalue weighted by atomic mass is 127. The van der Waals surface area contributed by atoms with Crippen LogP contribution in [0, 0.1) is 3.57 Å². The van der Waals surface area contributed by atoms with Crippen LogP contribution in [0.25, 0.3) is 0 Å². The van der Waals surface area contributed by atoms with Gasteiger partial charge in [0.2, 0.25) is 10.0 Å². The van der Waals surface area contributed by atoms with Crippen LogP contribution in [0.1, 0.15) is 13.3 Å². The van der Waals surface area contributed by atoms with Gasteiger partial charge in [0, 0.05) is 6.20 Å². The molecular weight excluding hydrogens is 386 g/mol. The highest BCUT2D eigenvalue weighted by molar-refractivity contribution is 14.1. The van der Waals surface area contributed by atoms with Crippen molar-refractivity contribution in [2.24, 2.45) is 0 Å². The molecule has 1 heterocycles. The number of rotatable bonds is 4. The van der Waals surface area contributed by atoms with Gasteiger partial charge in [0.05, 0.1) is 19.4 Å². The van der Waals surface area contributed by atoms with E-state index in [1.165, 1.54) is 6.20 Å². The standard InChI is InChI=1S/C8H9Cl2IN2O2S/c1-2-3-16(14,15)13-8-6(10)7(11)5(9)4-12-8/h4H,2-3H2,1H3,(H,12,13). The van der Waals surface area contributed by atoms with E-state index in [-0.39, 0.29) is 16.6 Å². The summed E-state index contributed by atoms with van der Waals surface area (Å²) in [7, 11) is -3.38. The van der Waals surface area contributed by atoms with Crippen LogP contribution >= 0.6 is 45.8 Å². The normalized spacial score (nSPS) is 11.5. The minimum absolute atomic E-state index is 0.0320. The van der Waals surface area contributed by atoms with Crippen molar-refractivity contribution in [3.05, 3.63) is 19.8 Å². The Morgan fingerprint density at radius 3 is 2.69 bits per heavy atom. The first kappa shape index (κ1) is 14.3. The Balaban J connectivity index is 3.04. The van der Waals surface area contributed by atoms with Crippen molar-refractivity contribution >= 4 is 61.6 Å². The molecule has 0 aliphatic heterocycles. The van der Waals surface area contributed by atoms with Gasteiger partial charge in [0.1, 0.15) is 0 Å². The summed E-state index contributed by atoms with van der Waals surface area (Å²) in [6, 6.07) is 0. The van der Waals surface area contributed by atoms with Crippen molar-refractivity contribution in [1.82, 2.24) is 4.98 Å². The number of pyridine rings is 1. The molecule has 0 unspecified atom stereocenters. The summed E-state index contributed by atoms with van der Waals surface area (Å²) in [5, 5.41) is 0.608. The lowest BCUT2D eigenvalue weighted by Crippen LogP contribution is -2.17. The molecule has 8 heteroatoms. The summed E-state index contributed by atoms with van der Waals surface area (Å²) in [5.74, 6) is 0.147. The van der Waals surface area contributed by atoms with Crippen LogP contribution in [0.15, 0.2) is 6.20 Å². The van der Waals surface area contributed by atoms with Gasteiger partial charge in [-0.05, 0) is 29.0 Å². The number of anilines is 1. The fraction of sp³-hybridized carbons (Fsp3) is 0.375. The summed E-state index contributed by atoms with van der Waals surface area (Å²) in [4.78, 5) is 3.85. The first-order valence-corrected chi connectivity index (χ1v) is 7.86. The molecule has 90 valence electrons. The average Bonchev–Trinajstić information content (AvgIpc) is 2.19.